The Bertz CT molecular complexity index is 1420. The molecule has 4 aromatic rings. The van der Waals surface area contributed by atoms with Crippen molar-refractivity contribution in [1.29, 1.82) is 0 Å². The van der Waals surface area contributed by atoms with E-state index in [2.05, 4.69) is 14.6 Å². The predicted octanol–water partition coefficient (Wildman–Crippen LogP) is 3.40. The first-order valence-corrected chi connectivity index (χ1v) is 13.0. The van der Waals surface area contributed by atoms with Crippen molar-refractivity contribution in [2.75, 3.05) is 30.9 Å². The molecule has 180 valence electrons. The molecule has 2 aromatic carbocycles. The minimum Gasteiger partial charge on any atom is -0.336 e. The molecule has 2 aromatic heterocycles. The molecular formula is C26H27N5O3S. The number of anilines is 1. The van der Waals surface area contributed by atoms with Gasteiger partial charge in [-0.2, -0.15) is 0 Å². The van der Waals surface area contributed by atoms with E-state index in [0.717, 1.165) is 36.5 Å². The first-order chi connectivity index (χ1) is 16.9. The number of piperazine rings is 1. The minimum absolute atomic E-state index is 0.0896. The maximum Gasteiger partial charge on any atom is 0.261 e. The van der Waals surface area contributed by atoms with Crippen LogP contribution < -0.4 is 4.72 Å². The molecule has 9 heteroatoms. The second-order valence-electron chi connectivity index (χ2n) is 8.71. The van der Waals surface area contributed by atoms with E-state index in [0.29, 0.717) is 24.3 Å². The number of rotatable bonds is 6. The summed E-state index contributed by atoms with van der Waals surface area (Å²) >= 11 is 0. The molecule has 8 nitrogen and oxygen atoms in total. The summed E-state index contributed by atoms with van der Waals surface area (Å²) < 4.78 is 30.1. The Labute approximate surface area is 204 Å². The topological polar surface area (TPSA) is 87.0 Å². The summed E-state index contributed by atoms with van der Waals surface area (Å²) in [6.07, 6.45) is 4.02. The monoisotopic (exact) mass is 489 g/mol. The third-order valence-corrected chi connectivity index (χ3v) is 7.64. The molecule has 1 N–H and O–H groups in total. The van der Waals surface area contributed by atoms with Crippen LogP contribution in [0.1, 0.15) is 21.6 Å². The zero-order chi connectivity index (χ0) is 24.4. The van der Waals surface area contributed by atoms with Gasteiger partial charge in [-0.1, -0.05) is 24.3 Å². The Kier molecular flexibility index (Phi) is 6.27. The van der Waals surface area contributed by atoms with Crippen molar-refractivity contribution in [3.05, 3.63) is 95.9 Å². The van der Waals surface area contributed by atoms with Crippen LogP contribution in [0.3, 0.4) is 0 Å². The van der Waals surface area contributed by atoms with Gasteiger partial charge in [-0.15, -0.1) is 0 Å². The first-order valence-electron chi connectivity index (χ1n) is 11.5. The maximum absolute atomic E-state index is 13.0. The van der Waals surface area contributed by atoms with E-state index in [1.807, 2.05) is 58.9 Å². The zero-order valence-corrected chi connectivity index (χ0v) is 20.3. The summed E-state index contributed by atoms with van der Waals surface area (Å²) in [6, 6.07) is 19.3. The van der Waals surface area contributed by atoms with E-state index in [1.165, 1.54) is 12.1 Å². The van der Waals surface area contributed by atoms with Crippen molar-refractivity contribution in [3.63, 3.8) is 0 Å². The Morgan fingerprint density at radius 1 is 0.943 bits per heavy atom. The highest BCUT2D eigenvalue weighted by atomic mass is 32.2. The molecule has 0 bridgehead atoms. The number of para-hydroxylation sites is 1. The molecule has 0 unspecified atom stereocenters. The van der Waals surface area contributed by atoms with Gasteiger partial charge in [0.15, 0.2) is 0 Å². The number of imidazole rings is 1. The third-order valence-electron chi connectivity index (χ3n) is 6.26. The van der Waals surface area contributed by atoms with Crippen LogP contribution in [-0.4, -0.2) is 59.7 Å². The van der Waals surface area contributed by atoms with Crippen molar-refractivity contribution < 1.29 is 13.2 Å². The molecule has 5 rings (SSSR count). The average Bonchev–Trinajstić information content (AvgIpc) is 3.28. The lowest BCUT2D eigenvalue weighted by Crippen LogP contribution is -2.48. The van der Waals surface area contributed by atoms with Crippen LogP contribution in [0.25, 0.3) is 5.65 Å². The van der Waals surface area contributed by atoms with Gasteiger partial charge in [0.2, 0.25) is 0 Å². The summed E-state index contributed by atoms with van der Waals surface area (Å²) in [7, 11) is -3.74. The lowest BCUT2D eigenvalue weighted by molar-refractivity contribution is 0.0627. The SMILES string of the molecule is Cc1ccccc1NS(=O)(=O)c1ccc(C(=O)N2CCN(Cc3cn4ccccc4n3)CC2)cc1. The molecule has 0 saturated carbocycles. The van der Waals surface area contributed by atoms with Crippen LogP contribution in [0.15, 0.2) is 84.0 Å². The summed E-state index contributed by atoms with van der Waals surface area (Å²) in [5.41, 5.74) is 3.79. The summed E-state index contributed by atoms with van der Waals surface area (Å²) in [6.45, 7) is 5.32. The highest BCUT2D eigenvalue weighted by Crippen LogP contribution is 2.20. The fourth-order valence-electron chi connectivity index (χ4n) is 4.25. The normalized spacial score (nSPS) is 14.8. The van der Waals surface area contributed by atoms with Crippen LogP contribution in [0.2, 0.25) is 0 Å². The number of hydrogen-bond donors (Lipinski definition) is 1. The summed E-state index contributed by atoms with van der Waals surface area (Å²) in [5, 5.41) is 0. The van der Waals surface area contributed by atoms with Gasteiger partial charge in [0.25, 0.3) is 15.9 Å². The van der Waals surface area contributed by atoms with Crippen LogP contribution in [0.4, 0.5) is 5.69 Å². The molecule has 0 aliphatic carbocycles. The van der Waals surface area contributed by atoms with Crippen LogP contribution in [0, 0.1) is 6.92 Å². The number of nitrogens with one attached hydrogen (secondary N) is 1. The summed E-state index contributed by atoms with van der Waals surface area (Å²) in [4.78, 5) is 21.9. The smallest absolute Gasteiger partial charge is 0.261 e. The number of benzene rings is 2. The van der Waals surface area contributed by atoms with Gasteiger partial charge in [0.1, 0.15) is 5.65 Å². The Balaban J connectivity index is 1.19. The fourth-order valence-corrected chi connectivity index (χ4v) is 5.38. The van der Waals surface area contributed by atoms with Gasteiger partial charge in [-0.05, 0) is 55.0 Å². The Hall–Kier alpha value is -3.69. The zero-order valence-electron chi connectivity index (χ0n) is 19.5. The number of aromatic nitrogens is 2. The first kappa shape index (κ1) is 23.1. The van der Waals surface area contributed by atoms with E-state index in [9.17, 15) is 13.2 Å². The molecule has 3 heterocycles. The lowest BCUT2D eigenvalue weighted by Gasteiger charge is -2.34. The quantitative estimate of drug-likeness (QED) is 0.449. The number of pyridine rings is 1. The van der Waals surface area contributed by atoms with E-state index >= 15 is 0 Å². The highest BCUT2D eigenvalue weighted by Gasteiger charge is 2.23. The van der Waals surface area contributed by atoms with Gasteiger partial charge in [0.05, 0.1) is 16.3 Å². The molecule has 1 aliphatic rings. The van der Waals surface area contributed by atoms with E-state index in [4.69, 9.17) is 0 Å². The van der Waals surface area contributed by atoms with Crippen molar-refractivity contribution >= 4 is 27.3 Å². The van der Waals surface area contributed by atoms with Gasteiger partial charge in [-0.3, -0.25) is 14.4 Å². The number of sulfonamides is 1. The fraction of sp³-hybridized carbons (Fsp3) is 0.231. The maximum atomic E-state index is 13.0. The molecule has 0 spiro atoms. The summed E-state index contributed by atoms with van der Waals surface area (Å²) in [5.74, 6) is -0.0896. The van der Waals surface area contributed by atoms with Crippen LogP contribution >= 0.6 is 0 Å². The lowest BCUT2D eigenvalue weighted by atomic mass is 10.2. The third kappa shape index (κ3) is 5.06. The molecule has 1 saturated heterocycles. The number of nitrogens with zero attached hydrogens (tertiary/aromatic N) is 4. The molecule has 35 heavy (non-hydrogen) atoms. The molecule has 1 aliphatic heterocycles. The highest BCUT2D eigenvalue weighted by molar-refractivity contribution is 7.92. The Morgan fingerprint density at radius 3 is 2.37 bits per heavy atom. The number of hydrogen-bond acceptors (Lipinski definition) is 5. The predicted molar refractivity (Wildman–Crippen MR) is 135 cm³/mol. The van der Waals surface area contributed by atoms with E-state index < -0.39 is 10.0 Å². The van der Waals surface area contributed by atoms with Gasteiger partial charge in [-0.25, -0.2) is 13.4 Å². The van der Waals surface area contributed by atoms with Crippen LogP contribution in [0.5, 0.6) is 0 Å². The van der Waals surface area contributed by atoms with E-state index in [-0.39, 0.29) is 10.8 Å². The van der Waals surface area contributed by atoms with Crippen molar-refractivity contribution in [1.82, 2.24) is 19.2 Å². The molecule has 0 atom stereocenters. The molecule has 1 fully saturated rings. The van der Waals surface area contributed by atoms with Gasteiger partial charge in [0, 0.05) is 50.7 Å². The second kappa shape index (κ2) is 9.52. The largest absolute Gasteiger partial charge is 0.336 e. The number of amides is 1. The van der Waals surface area contributed by atoms with Crippen molar-refractivity contribution in [2.24, 2.45) is 0 Å². The van der Waals surface area contributed by atoms with Gasteiger partial charge < -0.3 is 9.30 Å². The van der Waals surface area contributed by atoms with Gasteiger partial charge >= 0.3 is 0 Å². The second-order valence-corrected chi connectivity index (χ2v) is 10.4. The standard InChI is InChI=1S/C26H27N5O3S/c1-20-6-2-3-7-24(20)28-35(33,34)23-11-9-21(10-12-23)26(32)30-16-14-29(15-17-30)18-22-19-31-13-5-4-8-25(31)27-22/h2-13,19,28H,14-18H2,1H3. The molecule has 0 radical (unpaired) electrons. The average molecular weight is 490 g/mol. The van der Waals surface area contributed by atoms with E-state index in [1.54, 1.807) is 24.3 Å². The van der Waals surface area contributed by atoms with Crippen molar-refractivity contribution in [3.8, 4) is 0 Å². The van der Waals surface area contributed by atoms with Crippen molar-refractivity contribution in [2.45, 2.75) is 18.4 Å². The number of carbonyl (C=O) groups is 1. The minimum atomic E-state index is -3.74. The van der Waals surface area contributed by atoms with Crippen LogP contribution in [-0.2, 0) is 16.6 Å². The number of fused-ring (bicyclic) bond motifs is 1. The number of carbonyl (C=O) groups excluding carboxylic acids is 1. The molecular weight excluding hydrogens is 462 g/mol. The molecule has 1 amide bonds. The number of aryl methyl sites for hydroxylation is 1. The Morgan fingerprint density at radius 2 is 1.66 bits per heavy atom.